The summed E-state index contributed by atoms with van der Waals surface area (Å²) in [5, 5.41) is 0. The average Bonchev–Trinajstić information content (AvgIpc) is 2.65. The van der Waals surface area contributed by atoms with Crippen molar-refractivity contribution in [1.82, 2.24) is 0 Å². The fourth-order valence-corrected chi connectivity index (χ4v) is 3.54. The summed E-state index contributed by atoms with van der Waals surface area (Å²) < 4.78 is 10.8. The zero-order valence-corrected chi connectivity index (χ0v) is 10.5. The van der Waals surface area contributed by atoms with Crippen molar-refractivity contribution in [2.24, 2.45) is 0 Å². The van der Waals surface area contributed by atoms with Gasteiger partial charge in [-0.3, -0.25) is 0 Å². The first-order chi connectivity index (χ1) is 6.83. The van der Waals surface area contributed by atoms with Crippen LogP contribution in [0, 0.1) is 0 Å². The lowest BCUT2D eigenvalue weighted by Gasteiger charge is -2.20. The van der Waals surface area contributed by atoms with E-state index in [2.05, 4.69) is 25.2 Å². The second-order valence-electron chi connectivity index (χ2n) is 3.60. The van der Waals surface area contributed by atoms with Gasteiger partial charge in [0, 0.05) is 19.8 Å². The number of allylic oxidation sites excluding steroid dienone is 4. The molecule has 1 aliphatic carbocycles. The van der Waals surface area contributed by atoms with Gasteiger partial charge in [0.2, 0.25) is 0 Å². The highest BCUT2D eigenvalue weighted by molar-refractivity contribution is 6.48. The minimum absolute atomic E-state index is 0.455. The molecule has 0 fully saturated rings. The molecule has 0 aliphatic heterocycles. The third kappa shape index (κ3) is 2.80. The van der Waals surface area contributed by atoms with E-state index in [9.17, 15) is 0 Å². The van der Waals surface area contributed by atoms with E-state index in [1.165, 1.54) is 24.8 Å². The molecule has 0 bridgehead atoms. The first kappa shape index (κ1) is 11.7. The van der Waals surface area contributed by atoms with Crippen molar-refractivity contribution in [3.05, 3.63) is 23.8 Å². The van der Waals surface area contributed by atoms with Crippen LogP contribution >= 0.6 is 0 Å². The number of hydrogen-bond donors (Lipinski definition) is 0. The van der Waals surface area contributed by atoms with Crippen molar-refractivity contribution >= 4 is 9.28 Å². The Morgan fingerprint density at radius 1 is 1.36 bits per heavy atom. The average molecular weight is 212 g/mol. The van der Waals surface area contributed by atoms with Crippen LogP contribution in [0.1, 0.15) is 26.2 Å². The molecule has 0 amide bonds. The van der Waals surface area contributed by atoms with Crippen LogP contribution in [0.3, 0.4) is 0 Å². The van der Waals surface area contributed by atoms with E-state index in [-0.39, 0.29) is 0 Å². The lowest BCUT2D eigenvalue weighted by atomic mass is 10.1. The smallest absolute Gasteiger partial charge is 0.332 e. The molecule has 0 radical (unpaired) electrons. The molecular formula is C11H20O2Si. The topological polar surface area (TPSA) is 18.5 Å². The van der Waals surface area contributed by atoms with Gasteiger partial charge in [0.05, 0.1) is 0 Å². The highest BCUT2D eigenvalue weighted by Gasteiger charge is 2.26. The van der Waals surface area contributed by atoms with Crippen LogP contribution in [0.15, 0.2) is 23.8 Å². The molecule has 0 aromatic rings. The molecule has 0 N–H and O–H groups in total. The maximum atomic E-state index is 5.42. The monoisotopic (exact) mass is 212 g/mol. The lowest BCUT2D eigenvalue weighted by molar-refractivity contribution is 0.274. The Labute approximate surface area is 88.5 Å². The largest absolute Gasteiger partial charge is 0.399 e. The molecule has 1 rings (SSSR count). The van der Waals surface area contributed by atoms with Gasteiger partial charge in [0.25, 0.3) is 0 Å². The molecule has 0 aromatic carbocycles. The van der Waals surface area contributed by atoms with E-state index in [0.717, 1.165) is 0 Å². The van der Waals surface area contributed by atoms with Crippen molar-refractivity contribution in [3.63, 3.8) is 0 Å². The molecule has 0 saturated carbocycles. The summed E-state index contributed by atoms with van der Waals surface area (Å²) in [6.07, 6.45) is 10.3. The fourth-order valence-electron chi connectivity index (χ4n) is 1.82. The summed E-state index contributed by atoms with van der Waals surface area (Å²) in [7, 11) is 2.01. The van der Waals surface area contributed by atoms with E-state index in [4.69, 9.17) is 8.85 Å². The van der Waals surface area contributed by atoms with E-state index in [1.807, 2.05) is 0 Å². The van der Waals surface area contributed by atoms with Gasteiger partial charge in [0.15, 0.2) is 0 Å². The van der Waals surface area contributed by atoms with Gasteiger partial charge in [0.1, 0.15) is 0 Å². The lowest BCUT2D eigenvalue weighted by Crippen LogP contribution is -2.25. The van der Waals surface area contributed by atoms with Gasteiger partial charge in [-0.1, -0.05) is 37.1 Å². The molecule has 0 spiro atoms. The molecule has 2 nitrogen and oxygen atoms in total. The van der Waals surface area contributed by atoms with Gasteiger partial charge < -0.3 is 8.85 Å². The zero-order valence-electron chi connectivity index (χ0n) is 9.32. The van der Waals surface area contributed by atoms with E-state index < -0.39 is 9.28 Å². The Morgan fingerprint density at radius 3 is 2.64 bits per heavy atom. The highest BCUT2D eigenvalue weighted by Crippen LogP contribution is 2.32. The molecule has 14 heavy (non-hydrogen) atoms. The normalized spacial score (nSPS) is 20.6. The second kappa shape index (κ2) is 6.17. The van der Waals surface area contributed by atoms with Gasteiger partial charge in [-0.2, -0.15) is 0 Å². The molecule has 80 valence electrons. The highest BCUT2D eigenvalue weighted by atomic mass is 28.3. The van der Waals surface area contributed by atoms with Crippen molar-refractivity contribution in [2.75, 3.05) is 14.2 Å². The SMILES string of the molecule is CCCCC1=CC=CC1[SiH](OC)OC. The summed E-state index contributed by atoms with van der Waals surface area (Å²) >= 11 is 0. The summed E-state index contributed by atoms with van der Waals surface area (Å²) in [5.74, 6) is 0. The molecule has 1 unspecified atom stereocenters. The predicted molar refractivity (Wildman–Crippen MR) is 61.7 cm³/mol. The first-order valence-electron chi connectivity index (χ1n) is 5.26. The van der Waals surface area contributed by atoms with Gasteiger partial charge in [-0.15, -0.1) is 0 Å². The Balaban J connectivity index is 2.51. The first-order valence-corrected chi connectivity index (χ1v) is 6.87. The summed E-state index contributed by atoms with van der Waals surface area (Å²) in [4.78, 5) is 0. The minimum atomic E-state index is -1.50. The predicted octanol–water partition coefficient (Wildman–Crippen LogP) is 2.56. The molecule has 0 heterocycles. The third-order valence-electron chi connectivity index (χ3n) is 2.63. The molecular weight excluding hydrogens is 192 g/mol. The van der Waals surface area contributed by atoms with Crippen LogP contribution in [0.5, 0.6) is 0 Å². The summed E-state index contributed by atoms with van der Waals surface area (Å²) in [6, 6.07) is 0. The molecule has 3 heteroatoms. The van der Waals surface area contributed by atoms with Crippen LogP contribution in [0.4, 0.5) is 0 Å². The number of rotatable bonds is 6. The fraction of sp³-hybridized carbons (Fsp3) is 0.636. The van der Waals surface area contributed by atoms with Crippen molar-refractivity contribution < 1.29 is 8.85 Å². The quantitative estimate of drug-likeness (QED) is 0.630. The van der Waals surface area contributed by atoms with E-state index in [1.54, 1.807) is 14.2 Å². The number of unbranched alkanes of at least 4 members (excludes halogenated alkanes) is 1. The Hall–Kier alpha value is -0.383. The van der Waals surface area contributed by atoms with Crippen LogP contribution in [0.2, 0.25) is 5.54 Å². The minimum Gasteiger partial charge on any atom is -0.399 e. The maximum absolute atomic E-state index is 5.42. The van der Waals surface area contributed by atoms with Crippen LogP contribution in [0.25, 0.3) is 0 Å². The standard InChI is InChI=1S/C11H20O2Si/c1-4-5-7-10-8-6-9-11(10)14(12-2)13-3/h6,8-9,11,14H,4-5,7H2,1-3H3. The number of hydrogen-bond acceptors (Lipinski definition) is 2. The Bertz CT molecular complexity index is 219. The second-order valence-corrected chi connectivity index (χ2v) is 5.99. The molecule has 1 aliphatic rings. The van der Waals surface area contributed by atoms with Crippen molar-refractivity contribution in [3.8, 4) is 0 Å². The van der Waals surface area contributed by atoms with Gasteiger partial charge in [-0.05, 0) is 12.8 Å². The van der Waals surface area contributed by atoms with Gasteiger partial charge >= 0.3 is 9.28 Å². The summed E-state index contributed by atoms with van der Waals surface area (Å²) in [6.45, 7) is 2.22. The third-order valence-corrected chi connectivity index (χ3v) is 4.80. The Kier molecular flexibility index (Phi) is 5.15. The van der Waals surface area contributed by atoms with Crippen LogP contribution < -0.4 is 0 Å². The molecule has 0 saturated heterocycles. The maximum Gasteiger partial charge on any atom is 0.332 e. The van der Waals surface area contributed by atoms with Crippen LogP contribution in [-0.4, -0.2) is 23.5 Å². The zero-order chi connectivity index (χ0) is 10.4. The van der Waals surface area contributed by atoms with E-state index in [0.29, 0.717) is 5.54 Å². The summed E-state index contributed by atoms with van der Waals surface area (Å²) in [5.41, 5.74) is 1.95. The molecule has 1 atom stereocenters. The van der Waals surface area contributed by atoms with E-state index >= 15 is 0 Å². The van der Waals surface area contributed by atoms with Crippen LogP contribution in [-0.2, 0) is 8.85 Å². The Morgan fingerprint density at radius 2 is 2.07 bits per heavy atom. The van der Waals surface area contributed by atoms with Gasteiger partial charge in [-0.25, -0.2) is 0 Å². The van der Waals surface area contributed by atoms with Crippen molar-refractivity contribution in [1.29, 1.82) is 0 Å². The molecule has 0 aromatic heterocycles. The van der Waals surface area contributed by atoms with Crippen molar-refractivity contribution in [2.45, 2.75) is 31.7 Å².